The summed E-state index contributed by atoms with van der Waals surface area (Å²) in [6.07, 6.45) is 1.57. The Morgan fingerprint density at radius 2 is 2.07 bits per heavy atom. The number of aryl methyl sites for hydroxylation is 2. The second kappa shape index (κ2) is 8.76. The molecule has 0 radical (unpaired) electrons. The first-order valence-electron chi connectivity index (χ1n) is 9.18. The molecule has 0 saturated heterocycles. The summed E-state index contributed by atoms with van der Waals surface area (Å²) in [7, 11) is 0. The minimum Gasteiger partial charge on any atom is -0.347 e. The van der Waals surface area contributed by atoms with E-state index in [1.165, 1.54) is 23.5 Å². The molecule has 1 aromatic carbocycles. The van der Waals surface area contributed by atoms with Crippen LogP contribution in [0.1, 0.15) is 27.4 Å². The van der Waals surface area contributed by atoms with Crippen molar-refractivity contribution < 1.29 is 9.72 Å². The van der Waals surface area contributed by atoms with Crippen molar-refractivity contribution in [3.8, 4) is 11.8 Å². The van der Waals surface area contributed by atoms with Crippen LogP contribution in [0, 0.1) is 42.2 Å². The monoisotopic (exact) mass is 420 g/mol. The van der Waals surface area contributed by atoms with Gasteiger partial charge in [-0.05, 0) is 61.6 Å². The van der Waals surface area contributed by atoms with Crippen LogP contribution in [0.15, 0.2) is 47.4 Å². The Morgan fingerprint density at radius 3 is 2.67 bits per heavy atom. The van der Waals surface area contributed by atoms with E-state index in [1.807, 2.05) is 55.0 Å². The van der Waals surface area contributed by atoms with Crippen LogP contribution in [0.2, 0.25) is 0 Å². The number of nitro groups is 1. The second-order valence-electron chi connectivity index (χ2n) is 6.82. The minimum absolute atomic E-state index is 0.0206. The third-order valence-electron chi connectivity index (χ3n) is 4.77. The van der Waals surface area contributed by atoms with Crippen LogP contribution in [-0.4, -0.2) is 15.4 Å². The van der Waals surface area contributed by atoms with E-state index in [0.717, 1.165) is 33.1 Å². The van der Waals surface area contributed by atoms with Gasteiger partial charge in [0, 0.05) is 34.1 Å². The molecule has 2 heterocycles. The molecule has 3 aromatic rings. The molecule has 8 heteroatoms. The highest BCUT2D eigenvalue weighted by Crippen LogP contribution is 2.27. The van der Waals surface area contributed by atoms with Gasteiger partial charge < -0.3 is 9.88 Å². The van der Waals surface area contributed by atoms with Gasteiger partial charge in [0.15, 0.2) is 0 Å². The lowest BCUT2D eigenvalue weighted by atomic mass is 10.1. The first-order chi connectivity index (χ1) is 14.3. The molecular weight excluding hydrogens is 400 g/mol. The molecule has 1 N–H and O–H groups in total. The lowest BCUT2D eigenvalue weighted by Crippen LogP contribution is -2.23. The molecule has 0 atom stereocenters. The Bertz CT molecular complexity index is 1180. The number of aromatic nitrogens is 1. The predicted molar refractivity (Wildman–Crippen MR) is 116 cm³/mol. The van der Waals surface area contributed by atoms with Crippen molar-refractivity contribution in [3.63, 3.8) is 0 Å². The number of thiophene rings is 1. The largest absolute Gasteiger partial charge is 0.347 e. The van der Waals surface area contributed by atoms with Gasteiger partial charge in [0.2, 0.25) is 0 Å². The fraction of sp³-hybridized carbons (Fsp3) is 0.182. The van der Waals surface area contributed by atoms with Crippen molar-refractivity contribution in [3.05, 3.63) is 84.9 Å². The Kier molecular flexibility index (Phi) is 6.14. The average molecular weight is 420 g/mol. The lowest BCUT2D eigenvalue weighted by molar-refractivity contribution is -0.384. The molecule has 0 unspecified atom stereocenters. The van der Waals surface area contributed by atoms with Crippen molar-refractivity contribution in [1.82, 2.24) is 9.88 Å². The van der Waals surface area contributed by atoms with Gasteiger partial charge in [0.25, 0.3) is 11.6 Å². The quantitative estimate of drug-likeness (QED) is 0.273. The molecule has 0 bridgehead atoms. The number of hydrogen-bond donors (Lipinski definition) is 1. The SMILES string of the molecule is Cc1cc([N+](=O)[O-])ccc1-n1c(C)cc(/C=C(\C#N)C(=O)NCc2cccs2)c1C. The zero-order chi connectivity index (χ0) is 21.8. The summed E-state index contributed by atoms with van der Waals surface area (Å²) in [6, 6.07) is 12.4. The molecule has 0 fully saturated rings. The van der Waals surface area contributed by atoms with Gasteiger partial charge in [0.1, 0.15) is 11.6 Å². The number of carbonyl (C=O) groups excluding carboxylic acids is 1. The van der Waals surface area contributed by atoms with Crippen LogP contribution in [0.25, 0.3) is 11.8 Å². The van der Waals surface area contributed by atoms with Gasteiger partial charge in [-0.1, -0.05) is 6.07 Å². The molecule has 0 aliphatic carbocycles. The number of hydrogen-bond acceptors (Lipinski definition) is 5. The van der Waals surface area contributed by atoms with Gasteiger partial charge >= 0.3 is 0 Å². The topological polar surface area (TPSA) is 101 Å². The molecule has 152 valence electrons. The lowest BCUT2D eigenvalue weighted by Gasteiger charge is -2.12. The van der Waals surface area contributed by atoms with E-state index in [-0.39, 0.29) is 11.3 Å². The number of non-ortho nitro benzene ring substituents is 1. The van der Waals surface area contributed by atoms with Crippen LogP contribution in [0.3, 0.4) is 0 Å². The number of rotatable bonds is 6. The Balaban J connectivity index is 1.91. The molecule has 0 saturated carbocycles. The van der Waals surface area contributed by atoms with E-state index in [0.29, 0.717) is 6.54 Å². The predicted octanol–water partition coefficient (Wildman–Crippen LogP) is 4.60. The number of nitrogens with zero attached hydrogens (tertiary/aromatic N) is 3. The number of nitro benzene ring substituents is 1. The van der Waals surface area contributed by atoms with Crippen LogP contribution in [0.4, 0.5) is 5.69 Å². The summed E-state index contributed by atoms with van der Waals surface area (Å²) >= 11 is 1.54. The number of benzene rings is 1. The normalized spacial score (nSPS) is 11.2. The standard InChI is InChI=1S/C22H20N4O3S/c1-14-9-19(26(28)29)6-7-21(14)25-15(2)10-17(16(25)3)11-18(12-23)22(27)24-13-20-5-4-8-30-20/h4-11H,13H2,1-3H3,(H,24,27)/b18-11+. The van der Waals surface area contributed by atoms with Crippen LogP contribution >= 0.6 is 11.3 Å². The number of amides is 1. The van der Waals surface area contributed by atoms with E-state index in [9.17, 15) is 20.2 Å². The van der Waals surface area contributed by atoms with E-state index in [4.69, 9.17) is 0 Å². The third kappa shape index (κ3) is 4.31. The highest BCUT2D eigenvalue weighted by atomic mass is 32.1. The molecule has 30 heavy (non-hydrogen) atoms. The van der Waals surface area contributed by atoms with Gasteiger partial charge in [-0.25, -0.2) is 0 Å². The van der Waals surface area contributed by atoms with Crippen molar-refractivity contribution in [1.29, 1.82) is 5.26 Å². The smallest absolute Gasteiger partial charge is 0.269 e. The van der Waals surface area contributed by atoms with Gasteiger partial charge in [-0.15, -0.1) is 11.3 Å². The molecule has 3 rings (SSSR count). The number of nitriles is 1. The fourth-order valence-electron chi connectivity index (χ4n) is 3.29. The Morgan fingerprint density at radius 1 is 1.30 bits per heavy atom. The van der Waals surface area contributed by atoms with Crippen molar-refractivity contribution in [2.45, 2.75) is 27.3 Å². The molecule has 2 aromatic heterocycles. The highest BCUT2D eigenvalue weighted by Gasteiger charge is 2.16. The van der Waals surface area contributed by atoms with Crippen molar-refractivity contribution in [2.24, 2.45) is 0 Å². The van der Waals surface area contributed by atoms with Gasteiger partial charge in [0.05, 0.1) is 11.5 Å². The van der Waals surface area contributed by atoms with E-state index >= 15 is 0 Å². The molecule has 1 amide bonds. The fourth-order valence-corrected chi connectivity index (χ4v) is 3.93. The maximum absolute atomic E-state index is 12.4. The summed E-state index contributed by atoms with van der Waals surface area (Å²) in [6.45, 7) is 5.98. The van der Waals surface area contributed by atoms with Crippen molar-refractivity contribution in [2.75, 3.05) is 0 Å². The summed E-state index contributed by atoms with van der Waals surface area (Å²) in [5.74, 6) is -0.429. The number of nitrogens with one attached hydrogen (secondary N) is 1. The minimum atomic E-state index is -0.429. The first kappa shape index (κ1) is 21.0. The molecule has 0 spiro atoms. The van der Waals surface area contributed by atoms with E-state index in [2.05, 4.69) is 5.32 Å². The highest BCUT2D eigenvalue weighted by molar-refractivity contribution is 7.09. The Hall–Kier alpha value is -3.70. The summed E-state index contributed by atoms with van der Waals surface area (Å²) < 4.78 is 1.96. The summed E-state index contributed by atoms with van der Waals surface area (Å²) in [5, 5.41) is 25.2. The zero-order valence-corrected chi connectivity index (χ0v) is 17.6. The molecule has 7 nitrogen and oxygen atoms in total. The maximum Gasteiger partial charge on any atom is 0.269 e. The van der Waals surface area contributed by atoms with Crippen LogP contribution < -0.4 is 5.32 Å². The molecule has 0 aliphatic rings. The average Bonchev–Trinajstić information content (AvgIpc) is 3.32. The van der Waals surface area contributed by atoms with Gasteiger partial charge in [-0.2, -0.15) is 5.26 Å². The summed E-state index contributed by atoms with van der Waals surface area (Å²) in [5.41, 5.74) is 4.11. The van der Waals surface area contributed by atoms with Gasteiger partial charge in [-0.3, -0.25) is 14.9 Å². The Labute approximate surface area is 178 Å². The first-order valence-corrected chi connectivity index (χ1v) is 10.1. The van der Waals surface area contributed by atoms with Crippen LogP contribution in [0.5, 0.6) is 0 Å². The number of carbonyl (C=O) groups is 1. The second-order valence-corrected chi connectivity index (χ2v) is 7.85. The maximum atomic E-state index is 12.4. The molecule has 0 aliphatic heterocycles. The summed E-state index contributed by atoms with van der Waals surface area (Å²) in [4.78, 5) is 24.0. The van der Waals surface area contributed by atoms with E-state index < -0.39 is 10.8 Å². The van der Waals surface area contributed by atoms with Crippen LogP contribution in [-0.2, 0) is 11.3 Å². The zero-order valence-electron chi connectivity index (χ0n) is 16.8. The van der Waals surface area contributed by atoms with Crippen molar-refractivity contribution >= 4 is 29.0 Å². The third-order valence-corrected chi connectivity index (χ3v) is 5.65. The molecular formula is C22H20N4O3S. The van der Waals surface area contributed by atoms with E-state index in [1.54, 1.807) is 12.1 Å².